The third-order valence-corrected chi connectivity index (χ3v) is 3.60. The fourth-order valence-corrected chi connectivity index (χ4v) is 2.22. The van der Waals surface area contributed by atoms with E-state index in [0.717, 1.165) is 0 Å². The van der Waals surface area contributed by atoms with E-state index in [0.29, 0.717) is 25.8 Å². The van der Waals surface area contributed by atoms with Gasteiger partial charge in [0.1, 0.15) is 6.04 Å². The molecule has 0 aromatic rings. The van der Waals surface area contributed by atoms with Gasteiger partial charge in [-0.2, -0.15) is 13.2 Å². The monoisotopic (exact) mass is 444 g/mol. The molecule has 2 amide bonds. The normalized spacial score (nSPS) is 19.8. The Balaban J connectivity index is 0.00000103. The third kappa shape index (κ3) is 11.0. The molecule has 14 nitrogen and oxygen atoms in total. The zero-order valence-electron chi connectivity index (χ0n) is 15.5. The minimum absolute atomic E-state index is 0.197. The number of hydrogen-bond donors (Lipinski definition) is 7. The van der Waals surface area contributed by atoms with E-state index in [4.69, 9.17) is 27.1 Å². The van der Waals surface area contributed by atoms with Crippen LogP contribution in [-0.2, 0) is 14.4 Å². The van der Waals surface area contributed by atoms with Crippen LogP contribution in [0.1, 0.15) is 19.3 Å². The smallest absolute Gasteiger partial charge is 0.475 e. The van der Waals surface area contributed by atoms with Crippen LogP contribution in [0.3, 0.4) is 0 Å². The minimum atomic E-state index is -5.08. The number of aliphatic carboxylic acids is 1. The minimum Gasteiger partial charge on any atom is -0.475 e. The zero-order valence-corrected chi connectivity index (χ0v) is 15.5. The Labute approximate surface area is 167 Å². The van der Waals surface area contributed by atoms with Gasteiger partial charge in [-0.15, -0.1) is 0 Å². The van der Waals surface area contributed by atoms with Crippen molar-refractivity contribution in [3.05, 3.63) is 10.1 Å². The average molecular weight is 444 g/mol. The van der Waals surface area contributed by atoms with Crippen molar-refractivity contribution in [3.8, 4) is 0 Å². The van der Waals surface area contributed by atoms with E-state index in [-0.39, 0.29) is 24.5 Å². The average Bonchev–Trinajstić information content (AvgIpc) is 3.06. The van der Waals surface area contributed by atoms with Crippen LogP contribution < -0.4 is 33.3 Å². The summed E-state index contributed by atoms with van der Waals surface area (Å²) in [6.45, 7) is 0.785. The van der Waals surface area contributed by atoms with Crippen molar-refractivity contribution >= 4 is 23.7 Å². The van der Waals surface area contributed by atoms with E-state index in [1.165, 1.54) is 0 Å². The number of rotatable bonds is 8. The van der Waals surface area contributed by atoms with Crippen LogP contribution >= 0.6 is 0 Å². The molecule has 30 heavy (non-hydrogen) atoms. The molecule has 1 aliphatic rings. The maximum atomic E-state index is 12.0. The van der Waals surface area contributed by atoms with E-state index in [1.54, 1.807) is 5.43 Å². The number of guanidine groups is 1. The Hall–Kier alpha value is -3.21. The number of nitrogens with two attached hydrogens (primary N) is 3. The molecule has 3 atom stereocenters. The maximum Gasteiger partial charge on any atom is 0.490 e. The number of hydrogen-bond acceptors (Lipinski definition) is 8. The molecule has 1 rings (SSSR count). The van der Waals surface area contributed by atoms with Gasteiger partial charge < -0.3 is 32.9 Å². The van der Waals surface area contributed by atoms with Crippen molar-refractivity contribution in [2.24, 2.45) is 22.2 Å². The van der Waals surface area contributed by atoms with Gasteiger partial charge in [-0.1, -0.05) is 5.43 Å². The number of alkyl halides is 3. The van der Waals surface area contributed by atoms with Gasteiger partial charge in [0.2, 0.25) is 11.8 Å². The second-order valence-corrected chi connectivity index (χ2v) is 5.93. The van der Waals surface area contributed by atoms with Gasteiger partial charge in [0.25, 0.3) is 5.96 Å². The van der Waals surface area contributed by atoms with E-state index in [2.05, 4.69) is 15.6 Å². The van der Waals surface area contributed by atoms with E-state index in [1.807, 2.05) is 0 Å². The number of nitro groups is 1. The lowest BCUT2D eigenvalue weighted by Crippen LogP contribution is -2.53. The number of carbonyl (C=O) groups excluding carboxylic acids is 2. The van der Waals surface area contributed by atoms with Crippen molar-refractivity contribution in [1.29, 1.82) is 0 Å². The molecule has 1 aliphatic heterocycles. The fraction of sp³-hybridized carbons (Fsp3) is 0.692. The Morgan fingerprint density at radius 1 is 1.33 bits per heavy atom. The first-order valence-electron chi connectivity index (χ1n) is 8.35. The lowest BCUT2D eigenvalue weighted by Gasteiger charge is -2.20. The lowest BCUT2D eigenvalue weighted by molar-refractivity contribution is -0.525. The SMILES string of the molecule is NC(=O)[C@H]1NCC[C@H]1NC(=O)[C@@H](N)CCCN=C(N)N[N+](=O)[O-].O=C(O)C(F)(F)F. The molecule has 1 fully saturated rings. The van der Waals surface area contributed by atoms with Crippen LogP contribution in [-0.4, -0.2) is 71.3 Å². The molecule has 0 aromatic heterocycles. The van der Waals surface area contributed by atoms with Crippen LogP contribution in [0.4, 0.5) is 13.2 Å². The van der Waals surface area contributed by atoms with Crippen LogP contribution in [0.25, 0.3) is 0 Å². The summed E-state index contributed by atoms with van der Waals surface area (Å²) in [5, 5.41) is 22.0. The highest BCUT2D eigenvalue weighted by molar-refractivity contribution is 5.85. The first kappa shape index (κ1) is 26.8. The standard InChI is InChI=1S/C11H22N8O4.C2HF3O2/c12-6(2-1-4-16-11(14)18-19(22)23)10(21)17-7-3-5-15-8(7)9(13)20;3-2(4,5)1(6)7/h6-8,15H,1-5,12H2,(H2,13,20)(H,17,21)(H3,14,16,18);(H,6,7)/t6-,7+,8-;/m0./s1. The van der Waals surface area contributed by atoms with Gasteiger partial charge in [0.05, 0.1) is 12.1 Å². The number of primary amides is 1. The predicted molar refractivity (Wildman–Crippen MR) is 95.1 cm³/mol. The highest BCUT2D eigenvalue weighted by Crippen LogP contribution is 2.13. The van der Waals surface area contributed by atoms with Crippen LogP contribution in [0.5, 0.6) is 0 Å². The Kier molecular flexibility index (Phi) is 11.0. The van der Waals surface area contributed by atoms with Crippen molar-refractivity contribution < 1.29 is 37.7 Å². The Morgan fingerprint density at radius 3 is 2.37 bits per heavy atom. The topological polar surface area (TPSA) is 241 Å². The van der Waals surface area contributed by atoms with Gasteiger partial charge in [-0.25, -0.2) is 19.9 Å². The number of carboxylic acid groups (broad SMARTS) is 1. The van der Waals surface area contributed by atoms with Crippen molar-refractivity contribution in [1.82, 2.24) is 16.1 Å². The van der Waals surface area contributed by atoms with Gasteiger partial charge in [0, 0.05) is 6.54 Å². The van der Waals surface area contributed by atoms with Gasteiger partial charge in [0.15, 0.2) is 5.03 Å². The molecule has 1 heterocycles. The highest BCUT2D eigenvalue weighted by Gasteiger charge is 2.38. The van der Waals surface area contributed by atoms with Crippen LogP contribution in [0.15, 0.2) is 4.99 Å². The van der Waals surface area contributed by atoms with Crippen molar-refractivity contribution in [2.75, 3.05) is 13.1 Å². The molecular weight excluding hydrogens is 421 g/mol. The first-order chi connectivity index (χ1) is 13.8. The molecule has 1 saturated heterocycles. The molecule has 10 N–H and O–H groups in total. The fourth-order valence-electron chi connectivity index (χ4n) is 2.22. The number of aliphatic imine (C=N–C) groups is 1. The molecule has 0 unspecified atom stereocenters. The van der Waals surface area contributed by atoms with Crippen LogP contribution in [0.2, 0.25) is 0 Å². The number of amides is 2. The molecule has 0 radical (unpaired) electrons. The molecule has 0 saturated carbocycles. The molecule has 17 heteroatoms. The number of nitrogens with one attached hydrogen (secondary N) is 3. The summed E-state index contributed by atoms with van der Waals surface area (Å²) in [6.07, 6.45) is -3.74. The Morgan fingerprint density at radius 2 is 1.90 bits per heavy atom. The summed E-state index contributed by atoms with van der Waals surface area (Å²) >= 11 is 0. The van der Waals surface area contributed by atoms with Crippen molar-refractivity contribution in [2.45, 2.75) is 43.6 Å². The third-order valence-electron chi connectivity index (χ3n) is 3.60. The summed E-state index contributed by atoms with van der Waals surface area (Å²) in [6, 6.07) is -1.74. The zero-order chi connectivity index (χ0) is 23.5. The molecule has 0 aliphatic carbocycles. The number of carbonyl (C=O) groups is 3. The summed E-state index contributed by atoms with van der Waals surface area (Å²) in [5.41, 5.74) is 17.9. The van der Waals surface area contributed by atoms with E-state index < -0.39 is 35.2 Å². The predicted octanol–water partition coefficient (Wildman–Crippen LogP) is -2.84. The quantitative estimate of drug-likeness (QED) is 0.0664. The largest absolute Gasteiger partial charge is 0.490 e. The second kappa shape index (κ2) is 12.4. The molecule has 0 bridgehead atoms. The van der Waals surface area contributed by atoms with Gasteiger partial charge >= 0.3 is 12.1 Å². The summed E-state index contributed by atoms with van der Waals surface area (Å²) in [7, 11) is 0. The second-order valence-electron chi connectivity index (χ2n) is 5.93. The highest BCUT2D eigenvalue weighted by atomic mass is 19.4. The first-order valence-corrected chi connectivity index (χ1v) is 8.35. The number of carboxylic acids is 1. The molecule has 0 aromatic carbocycles. The lowest BCUT2D eigenvalue weighted by atomic mass is 10.1. The number of halogens is 3. The summed E-state index contributed by atoms with van der Waals surface area (Å²) in [5.74, 6) is -3.98. The van der Waals surface area contributed by atoms with Crippen LogP contribution in [0, 0.1) is 10.1 Å². The summed E-state index contributed by atoms with van der Waals surface area (Å²) in [4.78, 5) is 45.9. The molecular formula is C13H23F3N8O6. The number of hydrazine groups is 1. The van der Waals surface area contributed by atoms with E-state index in [9.17, 15) is 32.9 Å². The van der Waals surface area contributed by atoms with Gasteiger partial charge in [-0.05, 0) is 25.8 Å². The maximum absolute atomic E-state index is 12.0. The number of nitrogens with zero attached hydrogens (tertiary/aromatic N) is 2. The van der Waals surface area contributed by atoms with E-state index >= 15 is 0 Å². The Bertz CT molecular complexity index is 659. The van der Waals surface area contributed by atoms with Gasteiger partial charge in [-0.3, -0.25) is 9.59 Å². The molecule has 172 valence electrons. The summed E-state index contributed by atoms with van der Waals surface area (Å²) < 4.78 is 31.7. The molecule has 0 spiro atoms. The van der Waals surface area contributed by atoms with Crippen molar-refractivity contribution in [3.63, 3.8) is 0 Å².